The van der Waals surface area contributed by atoms with E-state index in [0.29, 0.717) is 6.54 Å². The Hall–Kier alpha value is -1.30. The molecule has 0 radical (unpaired) electrons. The molecule has 0 rings (SSSR count). The molecule has 2 N–H and O–H groups in total. The highest BCUT2D eigenvalue weighted by Crippen LogP contribution is 2.16. The van der Waals surface area contributed by atoms with Gasteiger partial charge in [0.25, 0.3) is 0 Å². The summed E-state index contributed by atoms with van der Waals surface area (Å²) in [5.74, 6) is -0.905. The smallest absolute Gasteiger partial charge is 0.320 e. The number of urea groups is 1. The van der Waals surface area contributed by atoms with E-state index in [2.05, 4.69) is 0 Å². The number of carboxylic acids is 1. The number of aliphatic carboxylic acids is 1. The summed E-state index contributed by atoms with van der Waals surface area (Å²) in [7, 11) is 1.72. The number of nitrogens with zero attached hydrogens (tertiary/aromatic N) is 2. The van der Waals surface area contributed by atoms with Crippen molar-refractivity contribution in [2.45, 2.75) is 52.0 Å². The van der Waals surface area contributed by atoms with Crippen LogP contribution < -0.4 is 0 Å². The molecule has 0 aliphatic heterocycles. The average Bonchev–Trinajstić information content (AvgIpc) is 2.32. The first-order valence-corrected chi connectivity index (χ1v) is 7.05. The maximum atomic E-state index is 12.4. The molecule has 0 fully saturated rings. The third kappa shape index (κ3) is 7.33. The maximum absolute atomic E-state index is 12.4. The number of aliphatic hydroxyl groups is 1. The van der Waals surface area contributed by atoms with Crippen LogP contribution in [0.3, 0.4) is 0 Å². The number of hydrogen-bond acceptors (Lipinski definition) is 3. The van der Waals surface area contributed by atoms with Crippen LogP contribution in [-0.4, -0.2) is 64.3 Å². The molecule has 118 valence electrons. The third-order valence-electron chi connectivity index (χ3n) is 3.07. The van der Waals surface area contributed by atoms with Gasteiger partial charge in [0.15, 0.2) is 0 Å². The number of amides is 2. The van der Waals surface area contributed by atoms with Crippen LogP contribution in [0.4, 0.5) is 4.79 Å². The van der Waals surface area contributed by atoms with Crippen molar-refractivity contribution < 1.29 is 19.8 Å². The minimum Gasteiger partial charge on any atom is -0.481 e. The molecule has 0 spiro atoms. The first kappa shape index (κ1) is 18.7. The van der Waals surface area contributed by atoms with E-state index in [9.17, 15) is 9.59 Å². The van der Waals surface area contributed by atoms with Crippen molar-refractivity contribution in [3.05, 3.63) is 0 Å². The van der Waals surface area contributed by atoms with Crippen molar-refractivity contribution in [1.29, 1.82) is 0 Å². The Morgan fingerprint density at radius 1 is 1.05 bits per heavy atom. The van der Waals surface area contributed by atoms with Gasteiger partial charge in [0, 0.05) is 32.3 Å². The number of rotatable bonds is 8. The van der Waals surface area contributed by atoms with Crippen LogP contribution in [0.5, 0.6) is 0 Å². The number of aliphatic hydroxyl groups excluding tert-OH is 1. The zero-order chi connectivity index (χ0) is 15.8. The molecule has 6 heteroatoms. The number of carbonyl (C=O) groups is 2. The van der Waals surface area contributed by atoms with Crippen LogP contribution in [0.1, 0.15) is 46.5 Å². The van der Waals surface area contributed by atoms with Crippen LogP contribution in [-0.2, 0) is 4.79 Å². The summed E-state index contributed by atoms with van der Waals surface area (Å²) >= 11 is 0. The summed E-state index contributed by atoms with van der Waals surface area (Å²) in [5, 5.41) is 17.5. The molecule has 0 atom stereocenters. The Kier molecular flexibility index (Phi) is 8.22. The SMILES string of the molecule is CN(CCCCCO)C(=O)N(CCC(=O)O)C(C)(C)C. The van der Waals surface area contributed by atoms with Gasteiger partial charge in [0.05, 0.1) is 6.42 Å². The summed E-state index contributed by atoms with van der Waals surface area (Å²) in [4.78, 5) is 26.3. The second-order valence-corrected chi connectivity index (χ2v) is 5.95. The van der Waals surface area contributed by atoms with E-state index in [4.69, 9.17) is 10.2 Å². The first-order chi connectivity index (χ1) is 9.20. The van der Waals surface area contributed by atoms with E-state index in [0.717, 1.165) is 19.3 Å². The number of carboxylic acid groups (broad SMARTS) is 1. The molecular weight excluding hydrogens is 260 g/mol. The fourth-order valence-electron chi connectivity index (χ4n) is 1.86. The van der Waals surface area contributed by atoms with Gasteiger partial charge in [0.1, 0.15) is 0 Å². The highest BCUT2D eigenvalue weighted by atomic mass is 16.4. The van der Waals surface area contributed by atoms with E-state index < -0.39 is 11.5 Å². The maximum Gasteiger partial charge on any atom is 0.320 e. The van der Waals surface area contributed by atoms with Gasteiger partial charge in [-0.1, -0.05) is 0 Å². The number of carbonyl (C=O) groups excluding carboxylic acids is 1. The molecule has 0 unspecified atom stereocenters. The van der Waals surface area contributed by atoms with Crippen molar-refractivity contribution in [3.63, 3.8) is 0 Å². The van der Waals surface area contributed by atoms with Crippen LogP contribution in [0.25, 0.3) is 0 Å². The third-order valence-corrected chi connectivity index (χ3v) is 3.07. The summed E-state index contributed by atoms with van der Waals surface area (Å²) in [6.45, 7) is 6.67. The molecule has 0 aliphatic carbocycles. The van der Waals surface area contributed by atoms with Gasteiger partial charge < -0.3 is 20.0 Å². The van der Waals surface area contributed by atoms with Crippen LogP contribution in [0.15, 0.2) is 0 Å². The molecule has 0 aromatic carbocycles. The second kappa shape index (κ2) is 8.79. The van der Waals surface area contributed by atoms with Crippen molar-refractivity contribution >= 4 is 12.0 Å². The van der Waals surface area contributed by atoms with Crippen LogP contribution >= 0.6 is 0 Å². The standard InChI is InChI=1S/C14H28N2O4/c1-14(2,3)16(10-8-12(18)19)13(20)15(4)9-6-5-7-11-17/h17H,5-11H2,1-4H3,(H,18,19). The fourth-order valence-corrected chi connectivity index (χ4v) is 1.86. The van der Waals surface area contributed by atoms with Crippen molar-refractivity contribution in [3.8, 4) is 0 Å². The average molecular weight is 288 g/mol. The number of unbranched alkanes of at least 4 members (excludes halogenated alkanes) is 2. The van der Waals surface area contributed by atoms with E-state index in [1.807, 2.05) is 20.8 Å². The lowest BCUT2D eigenvalue weighted by Gasteiger charge is -2.38. The molecule has 0 aromatic rings. The Labute approximate surface area is 121 Å². The van der Waals surface area contributed by atoms with E-state index in [-0.39, 0.29) is 25.6 Å². The summed E-state index contributed by atoms with van der Waals surface area (Å²) in [6, 6.07) is -0.150. The molecular formula is C14H28N2O4. The van der Waals surface area contributed by atoms with Crippen molar-refractivity contribution in [2.75, 3.05) is 26.7 Å². The fraction of sp³-hybridized carbons (Fsp3) is 0.857. The molecule has 0 bridgehead atoms. The van der Waals surface area contributed by atoms with Gasteiger partial charge in [-0.3, -0.25) is 4.79 Å². The van der Waals surface area contributed by atoms with Crippen molar-refractivity contribution in [1.82, 2.24) is 9.80 Å². The predicted molar refractivity (Wildman–Crippen MR) is 77.7 cm³/mol. The highest BCUT2D eigenvalue weighted by molar-refractivity contribution is 5.76. The van der Waals surface area contributed by atoms with Gasteiger partial charge >= 0.3 is 12.0 Å². The monoisotopic (exact) mass is 288 g/mol. The predicted octanol–water partition coefficient (Wildman–Crippen LogP) is 1.78. The largest absolute Gasteiger partial charge is 0.481 e. The molecule has 20 heavy (non-hydrogen) atoms. The molecule has 6 nitrogen and oxygen atoms in total. The first-order valence-electron chi connectivity index (χ1n) is 7.05. The zero-order valence-corrected chi connectivity index (χ0v) is 13.1. The van der Waals surface area contributed by atoms with Gasteiger partial charge in [-0.15, -0.1) is 0 Å². The zero-order valence-electron chi connectivity index (χ0n) is 13.1. The molecule has 0 heterocycles. The molecule has 0 aromatic heterocycles. The topological polar surface area (TPSA) is 81.1 Å². The highest BCUT2D eigenvalue weighted by Gasteiger charge is 2.28. The van der Waals surface area contributed by atoms with Gasteiger partial charge in [0.2, 0.25) is 0 Å². The lowest BCUT2D eigenvalue weighted by Crippen LogP contribution is -2.51. The summed E-state index contributed by atoms with van der Waals surface area (Å²) in [5.41, 5.74) is -0.411. The van der Waals surface area contributed by atoms with Crippen molar-refractivity contribution in [2.24, 2.45) is 0 Å². The number of hydrogen-bond donors (Lipinski definition) is 2. The Morgan fingerprint density at radius 2 is 1.65 bits per heavy atom. The minimum absolute atomic E-state index is 0.0542. The Bertz CT molecular complexity index is 313. The van der Waals surface area contributed by atoms with E-state index in [1.165, 1.54) is 0 Å². The normalized spacial score (nSPS) is 11.2. The lowest BCUT2D eigenvalue weighted by atomic mass is 10.1. The molecule has 0 aliphatic rings. The van der Waals surface area contributed by atoms with E-state index in [1.54, 1.807) is 16.8 Å². The Morgan fingerprint density at radius 3 is 2.10 bits per heavy atom. The van der Waals surface area contributed by atoms with E-state index >= 15 is 0 Å². The molecule has 0 saturated heterocycles. The second-order valence-electron chi connectivity index (χ2n) is 5.95. The molecule has 2 amide bonds. The Balaban J connectivity index is 4.49. The van der Waals surface area contributed by atoms with Gasteiger partial charge in [-0.05, 0) is 40.0 Å². The molecule has 0 saturated carbocycles. The van der Waals surface area contributed by atoms with Gasteiger partial charge in [-0.25, -0.2) is 4.79 Å². The van der Waals surface area contributed by atoms with Gasteiger partial charge in [-0.2, -0.15) is 0 Å². The summed E-state index contributed by atoms with van der Waals surface area (Å²) < 4.78 is 0. The van der Waals surface area contributed by atoms with Crippen LogP contribution in [0.2, 0.25) is 0 Å². The minimum atomic E-state index is -0.905. The lowest BCUT2D eigenvalue weighted by molar-refractivity contribution is -0.137. The quantitative estimate of drug-likeness (QED) is 0.667. The summed E-state index contributed by atoms with van der Waals surface area (Å²) in [6.07, 6.45) is 2.39. The van der Waals surface area contributed by atoms with Crippen LogP contribution in [0, 0.1) is 0 Å².